The van der Waals surface area contributed by atoms with Crippen molar-refractivity contribution in [3.05, 3.63) is 0 Å². The van der Waals surface area contributed by atoms with Crippen LogP contribution in [-0.2, 0) is 4.79 Å². The van der Waals surface area contributed by atoms with Gasteiger partial charge in [0, 0.05) is 12.5 Å². The molecule has 0 rings (SSSR count). The summed E-state index contributed by atoms with van der Waals surface area (Å²) < 4.78 is 0. The van der Waals surface area contributed by atoms with Crippen molar-refractivity contribution < 1.29 is 9.90 Å². The maximum atomic E-state index is 10.6. The molecule has 0 heterocycles. The molecule has 0 radical (unpaired) electrons. The predicted octanol–water partition coefficient (Wildman–Crippen LogP) is 0.126. The normalized spacial score (nSPS) is 16.3. The highest BCUT2D eigenvalue weighted by molar-refractivity contribution is 5.76. The Labute approximate surface area is 61.2 Å². The third-order valence-corrected chi connectivity index (χ3v) is 1.91. The van der Waals surface area contributed by atoms with Crippen LogP contribution in [0.3, 0.4) is 0 Å². The molecular weight excluding hydrogens is 130 g/mol. The molecule has 3 heteroatoms. The Hall–Kier alpha value is -0.570. The first-order valence-electron chi connectivity index (χ1n) is 3.53. The number of hydrogen-bond acceptors (Lipinski definition) is 2. The van der Waals surface area contributed by atoms with E-state index in [0.717, 1.165) is 6.42 Å². The van der Waals surface area contributed by atoms with Gasteiger partial charge in [-0.1, -0.05) is 20.3 Å². The summed E-state index contributed by atoms with van der Waals surface area (Å²) in [5.41, 5.74) is 5.04. The lowest BCUT2D eigenvalue weighted by atomic mass is 9.92. The van der Waals surface area contributed by atoms with Crippen LogP contribution in [0.4, 0.5) is 0 Å². The van der Waals surface area contributed by atoms with Crippen LogP contribution in [0.25, 0.3) is 0 Å². The third-order valence-electron chi connectivity index (χ3n) is 1.91. The Morgan fingerprint density at radius 3 is 2.30 bits per heavy atom. The predicted molar refractivity (Wildman–Crippen MR) is 39.2 cm³/mol. The van der Waals surface area contributed by atoms with Gasteiger partial charge in [0.05, 0.1) is 0 Å². The van der Waals surface area contributed by atoms with E-state index in [1.165, 1.54) is 0 Å². The second-order valence-electron chi connectivity index (χ2n) is 2.54. The zero-order valence-electron chi connectivity index (χ0n) is 6.50. The largest absolute Gasteiger partial charge is 0.396 e. The Morgan fingerprint density at radius 2 is 2.20 bits per heavy atom. The van der Waals surface area contributed by atoms with Gasteiger partial charge in [0.25, 0.3) is 0 Å². The maximum Gasteiger partial charge on any atom is 0.220 e. The number of hydrogen-bond donors (Lipinski definition) is 2. The number of carbonyl (C=O) groups is 1. The Morgan fingerprint density at radius 1 is 1.70 bits per heavy atom. The number of aliphatic hydroxyl groups excluding tert-OH is 1. The van der Waals surface area contributed by atoms with Gasteiger partial charge < -0.3 is 10.8 Å². The van der Waals surface area contributed by atoms with Crippen molar-refractivity contribution in [2.24, 2.45) is 17.6 Å². The molecule has 0 aromatic carbocycles. The summed E-state index contributed by atoms with van der Waals surface area (Å²) in [4.78, 5) is 10.6. The summed E-state index contributed by atoms with van der Waals surface area (Å²) >= 11 is 0. The summed E-state index contributed by atoms with van der Waals surface area (Å²) in [5, 5.41) is 8.74. The molecule has 0 saturated heterocycles. The topological polar surface area (TPSA) is 63.3 Å². The SMILES string of the molecule is CCC(CO)C(C)C(N)=O. The second kappa shape index (κ2) is 4.28. The fourth-order valence-electron chi connectivity index (χ4n) is 0.873. The van der Waals surface area contributed by atoms with Gasteiger partial charge in [0.15, 0.2) is 0 Å². The van der Waals surface area contributed by atoms with Crippen LogP contribution in [0.1, 0.15) is 20.3 Å². The van der Waals surface area contributed by atoms with Gasteiger partial charge in [0.1, 0.15) is 0 Å². The Bertz CT molecular complexity index is 110. The summed E-state index contributed by atoms with van der Waals surface area (Å²) in [5.74, 6) is -0.520. The Balaban J connectivity index is 3.88. The van der Waals surface area contributed by atoms with Gasteiger partial charge in [-0.2, -0.15) is 0 Å². The van der Waals surface area contributed by atoms with Crippen molar-refractivity contribution >= 4 is 5.91 Å². The quantitative estimate of drug-likeness (QED) is 0.590. The molecule has 10 heavy (non-hydrogen) atoms. The van der Waals surface area contributed by atoms with Crippen molar-refractivity contribution in [3.63, 3.8) is 0 Å². The molecule has 0 aromatic heterocycles. The number of carbonyl (C=O) groups excluding carboxylic acids is 1. The van der Waals surface area contributed by atoms with Crippen molar-refractivity contribution in [2.45, 2.75) is 20.3 Å². The van der Waals surface area contributed by atoms with Crippen molar-refractivity contribution in [1.29, 1.82) is 0 Å². The fraction of sp³-hybridized carbons (Fsp3) is 0.857. The molecule has 60 valence electrons. The Kier molecular flexibility index (Phi) is 4.03. The average Bonchev–Trinajstić information content (AvgIpc) is 1.90. The standard InChI is InChI=1S/C7H15NO2/c1-3-6(4-9)5(2)7(8)10/h5-6,9H,3-4H2,1-2H3,(H2,8,10). The van der Waals surface area contributed by atoms with Crippen molar-refractivity contribution in [1.82, 2.24) is 0 Å². The number of rotatable bonds is 4. The second-order valence-corrected chi connectivity index (χ2v) is 2.54. The number of aliphatic hydroxyl groups is 1. The molecule has 0 bridgehead atoms. The lowest BCUT2D eigenvalue weighted by Gasteiger charge is -2.16. The van der Waals surface area contributed by atoms with E-state index in [1.807, 2.05) is 6.92 Å². The van der Waals surface area contributed by atoms with E-state index in [9.17, 15) is 4.79 Å². The molecule has 0 fully saturated rings. The van der Waals surface area contributed by atoms with Crippen LogP contribution < -0.4 is 5.73 Å². The third kappa shape index (κ3) is 2.35. The number of nitrogens with two attached hydrogens (primary N) is 1. The summed E-state index contributed by atoms with van der Waals surface area (Å²) in [7, 11) is 0. The van der Waals surface area contributed by atoms with Crippen LogP contribution in [0.15, 0.2) is 0 Å². The van der Waals surface area contributed by atoms with E-state index < -0.39 is 0 Å². The highest BCUT2D eigenvalue weighted by atomic mass is 16.3. The number of primary amides is 1. The molecule has 0 aliphatic carbocycles. The van der Waals surface area contributed by atoms with E-state index in [-0.39, 0.29) is 24.3 Å². The molecule has 0 aliphatic rings. The van der Waals surface area contributed by atoms with Crippen LogP contribution in [0, 0.1) is 11.8 Å². The fourth-order valence-corrected chi connectivity index (χ4v) is 0.873. The lowest BCUT2D eigenvalue weighted by Crippen LogP contribution is -2.29. The number of amides is 1. The first kappa shape index (κ1) is 9.43. The van der Waals surface area contributed by atoms with E-state index >= 15 is 0 Å². The highest BCUT2D eigenvalue weighted by Gasteiger charge is 2.18. The monoisotopic (exact) mass is 145 g/mol. The molecule has 0 spiro atoms. The molecule has 0 aromatic rings. The molecule has 2 atom stereocenters. The first-order valence-corrected chi connectivity index (χ1v) is 3.53. The molecule has 3 nitrogen and oxygen atoms in total. The lowest BCUT2D eigenvalue weighted by molar-refractivity contribution is -0.123. The van der Waals surface area contributed by atoms with Gasteiger partial charge in [0.2, 0.25) is 5.91 Å². The molecule has 0 aliphatic heterocycles. The minimum atomic E-state index is -0.332. The first-order chi connectivity index (χ1) is 4.63. The maximum absolute atomic E-state index is 10.6. The average molecular weight is 145 g/mol. The van der Waals surface area contributed by atoms with E-state index in [0.29, 0.717) is 0 Å². The summed E-state index contributed by atoms with van der Waals surface area (Å²) in [6.45, 7) is 3.72. The molecular formula is C7H15NO2. The molecule has 0 saturated carbocycles. The summed E-state index contributed by atoms with van der Waals surface area (Å²) in [6, 6.07) is 0. The minimum absolute atomic E-state index is 0.0255. The minimum Gasteiger partial charge on any atom is -0.396 e. The van der Waals surface area contributed by atoms with E-state index in [2.05, 4.69) is 0 Å². The molecule has 3 N–H and O–H groups in total. The zero-order chi connectivity index (χ0) is 8.15. The van der Waals surface area contributed by atoms with Gasteiger partial charge in [-0.05, 0) is 5.92 Å². The van der Waals surface area contributed by atoms with Crippen molar-refractivity contribution in [3.8, 4) is 0 Å². The van der Waals surface area contributed by atoms with Gasteiger partial charge in [-0.25, -0.2) is 0 Å². The highest BCUT2D eigenvalue weighted by Crippen LogP contribution is 2.13. The van der Waals surface area contributed by atoms with Crippen LogP contribution in [-0.4, -0.2) is 17.6 Å². The van der Waals surface area contributed by atoms with E-state index in [1.54, 1.807) is 6.92 Å². The van der Waals surface area contributed by atoms with Crippen LogP contribution >= 0.6 is 0 Å². The zero-order valence-corrected chi connectivity index (χ0v) is 6.50. The molecule has 1 amide bonds. The van der Waals surface area contributed by atoms with Crippen molar-refractivity contribution in [2.75, 3.05) is 6.61 Å². The smallest absolute Gasteiger partial charge is 0.220 e. The molecule has 2 unspecified atom stereocenters. The van der Waals surface area contributed by atoms with Gasteiger partial charge >= 0.3 is 0 Å². The van der Waals surface area contributed by atoms with Crippen LogP contribution in [0.2, 0.25) is 0 Å². The van der Waals surface area contributed by atoms with Crippen LogP contribution in [0.5, 0.6) is 0 Å². The summed E-state index contributed by atoms with van der Waals surface area (Å²) in [6.07, 6.45) is 0.792. The van der Waals surface area contributed by atoms with Gasteiger partial charge in [-0.3, -0.25) is 4.79 Å². The van der Waals surface area contributed by atoms with Gasteiger partial charge in [-0.15, -0.1) is 0 Å². The van der Waals surface area contributed by atoms with E-state index in [4.69, 9.17) is 10.8 Å².